The monoisotopic (exact) mass is 405 g/mol. The van der Waals surface area contributed by atoms with Gasteiger partial charge in [0.15, 0.2) is 0 Å². The van der Waals surface area contributed by atoms with Crippen LogP contribution in [0, 0.1) is 0 Å². The molecule has 7 heteroatoms. The molecule has 2 aromatic carbocycles. The molecule has 1 aliphatic rings. The number of hydrogen-bond acceptors (Lipinski definition) is 2. The molecule has 0 aromatic heterocycles. The number of hydrogen-bond donors (Lipinski definition) is 1. The van der Waals surface area contributed by atoms with Gasteiger partial charge in [-0.25, -0.2) is 0 Å². The minimum atomic E-state index is -4.48. The Kier molecular flexibility index (Phi) is 6.67. The van der Waals surface area contributed by atoms with Crippen molar-refractivity contribution in [3.8, 4) is 5.75 Å². The van der Waals surface area contributed by atoms with E-state index >= 15 is 0 Å². The number of carbonyl (C=O) groups excluding carboxylic acids is 1. The Labute approximate surface area is 168 Å². The number of halogens is 3. The highest BCUT2D eigenvalue weighted by atomic mass is 19.4. The van der Waals surface area contributed by atoms with E-state index < -0.39 is 17.8 Å². The second-order valence-electron chi connectivity index (χ2n) is 7.17. The van der Waals surface area contributed by atoms with Crippen LogP contribution in [0.4, 0.5) is 18.9 Å². The maximum atomic E-state index is 13.1. The molecule has 1 N–H and O–H groups in total. The molecule has 0 aliphatic heterocycles. The first kappa shape index (κ1) is 21.0. The first-order valence-electron chi connectivity index (χ1n) is 9.70. The summed E-state index contributed by atoms with van der Waals surface area (Å²) in [6.45, 7) is 0. The normalized spacial score (nSPS) is 16.1. The van der Waals surface area contributed by atoms with E-state index in [-0.39, 0.29) is 17.6 Å². The minimum Gasteiger partial charge on any atom is -0.670 e. The summed E-state index contributed by atoms with van der Waals surface area (Å²) in [4.78, 5) is 13.1. The Morgan fingerprint density at radius 2 is 1.83 bits per heavy atom. The van der Waals surface area contributed by atoms with Gasteiger partial charge in [-0.2, -0.15) is 13.2 Å². The van der Waals surface area contributed by atoms with Crippen molar-refractivity contribution in [3.05, 3.63) is 65.0 Å². The van der Waals surface area contributed by atoms with E-state index in [2.05, 4.69) is 10.6 Å². The average molecular weight is 405 g/mol. The summed E-state index contributed by atoms with van der Waals surface area (Å²) in [6, 6.07) is 10.7. The SMILES string of the molecule is COc1ccccc1C([N-]c1cccc(C(F)(F)F)c1)C(=O)NC1CCCCC1. The second-order valence-corrected chi connectivity index (χ2v) is 7.17. The van der Waals surface area contributed by atoms with Gasteiger partial charge in [0, 0.05) is 6.04 Å². The van der Waals surface area contributed by atoms with Crippen LogP contribution in [0.5, 0.6) is 5.75 Å². The number of para-hydroxylation sites is 1. The van der Waals surface area contributed by atoms with Crippen LogP contribution in [0.25, 0.3) is 5.32 Å². The van der Waals surface area contributed by atoms with Gasteiger partial charge in [0.2, 0.25) is 5.91 Å². The van der Waals surface area contributed by atoms with Crippen molar-refractivity contribution in [2.45, 2.75) is 50.4 Å². The van der Waals surface area contributed by atoms with Crippen LogP contribution in [0.1, 0.15) is 49.3 Å². The van der Waals surface area contributed by atoms with Gasteiger partial charge in [0.25, 0.3) is 0 Å². The molecule has 1 saturated carbocycles. The standard InChI is InChI=1S/C22H24F3N2O2/c1-29-19-13-6-5-12-18(19)20(21(28)27-16-9-3-2-4-10-16)26-17-11-7-8-15(14-17)22(23,24)25/h5-8,11-14,16,20H,2-4,9-10H2,1H3,(H,27,28)/q-1. The van der Waals surface area contributed by atoms with E-state index in [1.165, 1.54) is 19.2 Å². The zero-order valence-electron chi connectivity index (χ0n) is 16.2. The molecule has 1 fully saturated rings. The van der Waals surface area contributed by atoms with E-state index in [0.717, 1.165) is 44.2 Å². The van der Waals surface area contributed by atoms with Crippen LogP contribution in [0.3, 0.4) is 0 Å². The summed E-state index contributed by atoms with van der Waals surface area (Å²) >= 11 is 0. The predicted octanol–water partition coefficient (Wildman–Crippen LogP) is 5.91. The van der Waals surface area contributed by atoms with E-state index in [1.54, 1.807) is 24.3 Å². The number of ether oxygens (including phenoxy) is 1. The number of methoxy groups -OCH3 is 1. The lowest BCUT2D eigenvalue weighted by Crippen LogP contribution is -2.39. The average Bonchev–Trinajstić information content (AvgIpc) is 2.72. The number of carbonyl (C=O) groups is 1. The summed E-state index contributed by atoms with van der Waals surface area (Å²) in [5, 5.41) is 7.41. The van der Waals surface area contributed by atoms with Crippen LogP contribution in [0.15, 0.2) is 48.5 Å². The Morgan fingerprint density at radius 1 is 1.10 bits per heavy atom. The molecule has 156 valence electrons. The van der Waals surface area contributed by atoms with Gasteiger partial charge in [0.1, 0.15) is 5.75 Å². The predicted molar refractivity (Wildman–Crippen MR) is 105 cm³/mol. The summed E-state index contributed by atoms with van der Waals surface area (Å²) in [5.74, 6) is 0.130. The van der Waals surface area contributed by atoms with Gasteiger partial charge in [-0.15, -0.1) is 5.69 Å². The van der Waals surface area contributed by atoms with Crippen molar-refractivity contribution in [2.24, 2.45) is 0 Å². The number of nitrogens with one attached hydrogen (secondary N) is 1. The van der Waals surface area contributed by atoms with E-state index in [1.807, 2.05) is 0 Å². The van der Waals surface area contributed by atoms with Crippen molar-refractivity contribution in [2.75, 3.05) is 7.11 Å². The fraction of sp³-hybridized carbons (Fsp3) is 0.409. The molecule has 4 nitrogen and oxygen atoms in total. The lowest BCUT2D eigenvalue weighted by Gasteiger charge is -2.35. The molecular formula is C22H24F3N2O2-. The first-order valence-corrected chi connectivity index (χ1v) is 9.70. The van der Waals surface area contributed by atoms with Gasteiger partial charge in [-0.3, -0.25) is 4.79 Å². The van der Waals surface area contributed by atoms with E-state index in [9.17, 15) is 18.0 Å². The maximum Gasteiger partial charge on any atom is 0.416 e. The third-order valence-electron chi connectivity index (χ3n) is 5.09. The lowest BCUT2D eigenvalue weighted by atomic mass is 9.94. The maximum absolute atomic E-state index is 13.1. The number of rotatable bonds is 6. The molecule has 1 aliphatic carbocycles. The highest BCUT2D eigenvalue weighted by Crippen LogP contribution is 2.39. The van der Waals surface area contributed by atoms with Crippen LogP contribution in [-0.4, -0.2) is 19.1 Å². The van der Waals surface area contributed by atoms with Crippen molar-refractivity contribution >= 4 is 11.6 Å². The molecule has 1 atom stereocenters. The zero-order valence-corrected chi connectivity index (χ0v) is 16.2. The van der Waals surface area contributed by atoms with Gasteiger partial charge in [0.05, 0.1) is 12.7 Å². The zero-order chi connectivity index (χ0) is 20.9. The fourth-order valence-corrected chi connectivity index (χ4v) is 3.60. The third kappa shape index (κ3) is 5.43. The lowest BCUT2D eigenvalue weighted by molar-refractivity contribution is -0.137. The minimum absolute atomic E-state index is 0.0603. The molecule has 0 saturated heterocycles. The van der Waals surface area contributed by atoms with Crippen molar-refractivity contribution < 1.29 is 22.7 Å². The molecule has 0 bridgehead atoms. The summed E-state index contributed by atoms with van der Waals surface area (Å²) in [5.41, 5.74) is -0.194. The second kappa shape index (κ2) is 9.20. The van der Waals surface area contributed by atoms with Crippen LogP contribution in [-0.2, 0) is 11.0 Å². The number of amides is 1. The third-order valence-corrected chi connectivity index (χ3v) is 5.09. The first-order chi connectivity index (χ1) is 13.9. The van der Waals surface area contributed by atoms with Crippen LogP contribution < -0.4 is 10.1 Å². The molecule has 0 heterocycles. The van der Waals surface area contributed by atoms with Crippen LogP contribution >= 0.6 is 0 Å². The smallest absolute Gasteiger partial charge is 0.416 e. The molecule has 3 rings (SSSR count). The number of alkyl halides is 3. The molecular weight excluding hydrogens is 381 g/mol. The van der Waals surface area contributed by atoms with Crippen molar-refractivity contribution in [3.63, 3.8) is 0 Å². The quantitative estimate of drug-likeness (QED) is 0.650. The van der Waals surface area contributed by atoms with Gasteiger partial charge in [-0.05, 0) is 30.5 Å². The Balaban J connectivity index is 1.89. The number of nitrogens with zero attached hydrogens (tertiary/aromatic N) is 1. The highest BCUT2D eigenvalue weighted by Gasteiger charge is 2.30. The summed E-state index contributed by atoms with van der Waals surface area (Å²) in [6.07, 6.45) is 0.568. The molecule has 1 unspecified atom stereocenters. The van der Waals surface area contributed by atoms with Gasteiger partial charge in [-0.1, -0.05) is 61.7 Å². The largest absolute Gasteiger partial charge is 0.670 e. The van der Waals surface area contributed by atoms with E-state index in [0.29, 0.717) is 11.3 Å². The fourth-order valence-electron chi connectivity index (χ4n) is 3.60. The molecule has 29 heavy (non-hydrogen) atoms. The van der Waals surface area contributed by atoms with Crippen molar-refractivity contribution in [1.29, 1.82) is 0 Å². The van der Waals surface area contributed by atoms with E-state index in [4.69, 9.17) is 4.74 Å². The van der Waals surface area contributed by atoms with Crippen molar-refractivity contribution in [1.82, 2.24) is 5.32 Å². The Morgan fingerprint density at radius 3 is 2.52 bits per heavy atom. The molecule has 2 aromatic rings. The van der Waals surface area contributed by atoms with Crippen LogP contribution in [0.2, 0.25) is 0 Å². The molecule has 0 spiro atoms. The summed E-state index contributed by atoms with van der Waals surface area (Å²) in [7, 11) is 1.49. The van der Waals surface area contributed by atoms with Gasteiger partial charge < -0.3 is 15.4 Å². The van der Waals surface area contributed by atoms with Gasteiger partial charge >= 0.3 is 6.18 Å². The molecule has 1 amide bonds. The Bertz CT molecular complexity index is 833. The Hall–Kier alpha value is -2.70. The molecule has 0 radical (unpaired) electrons. The number of benzene rings is 2. The highest BCUT2D eigenvalue weighted by molar-refractivity contribution is 5.88. The summed E-state index contributed by atoms with van der Waals surface area (Å²) < 4.78 is 44.6. The topological polar surface area (TPSA) is 52.4 Å².